The lowest BCUT2D eigenvalue weighted by Crippen LogP contribution is -2.63. The van der Waals surface area contributed by atoms with Crippen LogP contribution in [0.2, 0.25) is 0 Å². The first-order chi connectivity index (χ1) is 12.8. The van der Waals surface area contributed by atoms with E-state index in [1.165, 1.54) is 10.4 Å². The molecule has 1 aliphatic carbocycles. The van der Waals surface area contributed by atoms with Crippen molar-refractivity contribution in [1.29, 1.82) is 0 Å². The highest BCUT2D eigenvalue weighted by molar-refractivity contribution is 6.80. The van der Waals surface area contributed by atoms with Gasteiger partial charge in [-0.15, -0.1) is 0 Å². The van der Waals surface area contributed by atoms with E-state index in [0.717, 1.165) is 19.3 Å². The summed E-state index contributed by atoms with van der Waals surface area (Å²) >= 11 is 0. The van der Waals surface area contributed by atoms with Crippen LogP contribution in [-0.4, -0.2) is 27.2 Å². The molecule has 0 aliphatic heterocycles. The second kappa shape index (κ2) is 8.27. The van der Waals surface area contributed by atoms with E-state index < -0.39 is 14.6 Å². The minimum absolute atomic E-state index is 0.0170. The number of hydrogen-bond acceptors (Lipinski definition) is 3. The second-order valence-corrected chi connectivity index (χ2v) is 11.6. The van der Waals surface area contributed by atoms with Crippen molar-refractivity contribution in [3.8, 4) is 0 Å². The van der Waals surface area contributed by atoms with E-state index in [2.05, 4.69) is 69.3 Å². The maximum atomic E-state index is 6.78. The van der Waals surface area contributed by atoms with Gasteiger partial charge in [-0.3, -0.25) is 0 Å². The molecular weight excluding hydrogens is 348 g/mol. The van der Waals surface area contributed by atoms with Gasteiger partial charge in [0.2, 0.25) is 9.04 Å². The first-order valence-corrected chi connectivity index (χ1v) is 11.7. The summed E-state index contributed by atoms with van der Waals surface area (Å²) in [6, 6.07) is 21.1. The zero-order valence-corrected chi connectivity index (χ0v) is 18.1. The maximum Gasteiger partial charge on any atom is 0.239 e. The molecule has 0 amide bonds. The van der Waals surface area contributed by atoms with Crippen molar-refractivity contribution in [3.05, 3.63) is 60.7 Å². The third-order valence-electron chi connectivity index (χ3n) is 6.18. The number of rotatable bonds is 5. The van der Waals surface area contributed by atoms with E-state index in [1.54, 1.807) is 0 Å². The van der Waals surface area contributed by atoms with Crippen molar-refractivity contribution < 1.29 is 4.43 Å². The van der Waals surface area contributed by atoms with Crippen LogP contribution in [0.5, 0.6) is 0 Å². The van der Waals surface area contributed by atoms with Crippen LogP contribution < -0.4 is 21.8 Å². The second-order valence-electron chi connectivity index (χ2n) is 9.19. The van der Waals surface area contributed by atoms with Gasteiger partial charge < -0.3 is 15.9 Å². The van der Waals surface area contributed by atoms with Gasteiger partial charge in [0.15, 0.2) is 0 Å². The predicted molar refractivity (Wildman–Crippen MR) is 117 cm³/mol. The largest absolute Gasteiger partial charge is 0.409 e. The summed E-state index contributed by atoms with van der Waals surface area (Å²) < 4.78 is 6.58. The molecule has 0 bridgehead atoms. The lowest BCUT2D eigenvalue weighted by Gasteiger charge is -2.46. The van der Waals surface area contributed by atoms with Crippen molar-refractivity contribution >= 4 is 19.4 Å². The third kappa shape index (κ3) is 4.88. The summed E-state index contributed by atoms with van der Waals surface area (Å²) in [6.45, 7) is 7.44. The minimum Gasteiger partial charge on any atom is -0.409 e. The fourth-order valence-electron chi connectivity index (χ4n) is 4.13. The summed E-state index contributed by atoms with van der Waals surface area (Å²) in [7, 11) is -1.78. The van der Waals surface area contributed by atoms with Gasteiger partial charge in [-0.25, -0.2) is 0 Å². The Balaban J connectivity index is 1.74. The van der Waals surface area contributed by atoms with Crippen molar-refractivity contribution in [2.45, 2.75) is 51.6 Å². The number of hydrogen-bond donors (Lipinski definition) is 2. The van der Waals surface area contributed by atoms with Crippen LogP contribution in [0, 0.1) is 11.3 Å². The van der Waals surface area contributed by atoms with Crippen molar-refractivity contribution in [2.75, 3.05) is 6.61 Å². The highest BCUT2D eigenvalue weighted by Crippen LogP contribution is 2.40. The summed E-state index contributed by atoms with van der Waals surface area (Å²) in [6.07, 6.45) is 3.03. The first-order valence-electron chi connectivity index (χ1n) is 10.1. The molecule has 3 rings (SSSR count). The van der Waals surface area contributed by atoms with Gasteiger partial charge in [-0.2, -0.15) is 0 Å². The van der Waals surface area contributed by atoms with Gasteiger partial charge in [0.25, 0.3) is 0 Å². The fraction of sp³-hybridized carbons (Fsp3) is 0.478. The van der Waals surface area contributed by atoms with Crippen molar-refractivity contribution in [3.63, 3.8) is 0 Å². The molecule has 0 saturated heterocycles. The van der Waals surface area contributed by atoms with Crippen molar-refractivity contribution in [1.82, 2.24) is 0 Å². The lowest BCUT2D eigenvalue weighted by atomic mass is 9.66. The molecule has 0 spiro atoms. The molecule has 3 unspecified atom stereocenters. The van der Waals surface area contributed by atoms with E-state index in [-0.39, 0.29) is 11.5 Å². The van der Waals surface area contributed by atoms with Gasteiger partial charge >= 0.3 is 0 Å². The number of benzene rings is 2. The quantitative estimate of drug-likeness (QED) is 0.781. The molecule has 1 aliphatic rings. The Bertz CT molecular complexity index is 677. The SMILES string of the molecule is CC(C)(C)C1CCC(N)(CO[SiH](c2ccccc2)c2ccccc2)C(N)C1. The maximum absolute atomic E-state index is 6.78. The van der Waals surface area contributed by atoms with E-state index in [4.69, 9.17) is 15.9 Å². The lowest BCUT2D eigenvalue weighted by molar-refractivity contribution is 0.0833. The van der Waals surface area contributed by atoms with Crippen LogP contribution in [0.15, 0.2) is 60.7 Å². The molecule has 3 nitrogen and oxygen atoms in total. The molecule has 2 aromatic carbocycles. The molecule has 1 saturated carbocycles. The van der Waals surface area contributed by atoms with Crippen molar-refractivity contribution in [2.24, 2.45) is 22.8 Å². The molecule has 3 atom stereocenters. The molecule has 4 N–H and O–H groups in total. The Morgan fingerprint density at radius 2 is 1.52 bits per heavy atom. The van der Waals surface area contributed by atoms with Crippen LogP contribution in [0.3, 0.4) is 0 Å². The Kier molecular flexibility index (Phi) is 6.21. The summed E-state index contributed by atoms with van der Waals surface area (Å²) in [4.78, 5) is 0. The fourth-order valence-corrected chi connectivity index (χ4v) is 6.52. The van der Waals surface area contributed by atoms with Gasteiger partial charge in [0, 0.05) is 6.04 Å². The standard InChI is InChI=1S/C23H34N2OSi/c1-22(2,3)18-14-15-23(25,21(24)16-18)17-26-27(19-10-6-4-7-11-19)20-12-8-5-9-13-20/h4-13,18,21,27H,14-17,24-25H2,1-3H3. The number of nitrogens with two attached hydrogens (primary N) is 2. The molecule has 27 heavy (non-hydrogen) atoms. The highest BCUT2D eigenvalue weighted by Gasteiger charge is 2.42. The third-order valence-corrected chi connectivity index (χ3v) is 8.66. The van der Waals surface area contributed by atoms with Gasteiger partial charge in [-0.05, 0) is 41.0 Å². The average molecular weight is 383 g/mol. The summed E-state index contributed by atoms with van der Waals surface area (Å²) in [5.41, 5.74) is 13.2. The van der Waals surface area contributed by atoms with Gasteiger partial charge in [-0.1, -0.05) is 81.4 Å². The van der Waals surface area contributed by atoms with Gasteiger partial charge in [0.1, 0.15) is 0 Å². The molecule has 146 valence electrons. The summed E-state index contributed by atoms with van der Waals surface area (Å²) in [5, 5.41) is 2.56. The van der Waals surface area contributed by atoms with Crippen LogP contribution in [0.4, 0.5) is 0 Å². The van der Waals surface area contributed by atoms with E-state index >= 15 is 0 Å². The monoisotopic (exact) mass is 382 g/mol. The highest BCUT2D eigenvalue weighted by atomic mass is 28.3. The first kappa shape index (κ1) is 20.3. The molecule has 1 fully saturated rings. The van der Waals surface area contributed by atoms with E-state index in [0.29, 0.717) is 12.5 Å². The zero-order chi connectivity index (χ0) is 19.5. The van der Waals surface area contributed by atoms with Crippen LogP contribution in [-0.2, 0) is 4.43 Å². The Labute approximate surface area is 165 Å². The van der Waals surface area contributed by atoms with Crippen LogP contribution in [0.1, 0.15) is 40.0 Å². The summed E-state index contributed by atoms with van der Waals surface area (Å²) in [5.74, 6) is 0.625. The topological polar surface area (TPSA) is 61.3 Å². The Hall–Kier alpha value is -1.46. The molecule has 0 aromatic heterocycles. The zero-order valence-electron chi connectivity index (χ0n) is 16.9. The van der Waals surface area contributed by atoms with Crippen LogP contribution in [0.25, 0.3) is 0 Å². The Morgan fingerprint density at radius 3 is 1.96 bits per heavy atom. The molecule has 0 radical (unpaired) electrons. The minimum atomic E-state index is -1.78. The molecule has 0 heterocycles. The van der Waals surface area contributed by atoms with E-state index in [1.807, 2.05) is 12.1 Å². The van der Waals surface area contributed by atoms with E-state index in [9.17, 15) is 0 Å². The van der Waals surface area contributed by atoms with Gasteiger partial charge in [0.05, 0.1) is 12.1 Å². The molecule has 2 aromatic rings. The molecule has 4 heteroatoms. The normalized spacial score (nSPS) is 26.3. The smallest absolute Gasteiger partial charge is 0.239 e. The van der Waals surface area contributed by atoms with Crippen LogP contribution >= 0.6 is 0 Å². The predicted octanol–water partition coefficient (Wildman–Crippen LogP) is 2.41. The molecular formula is C23H34N2OSi. The average Bonchev–Trinajstić information content (AvgIpc) is 2.65. The Morgan fingerprint density at radius 1 is 1.00 bits per heavy atom.